The fraction of sp³-hybridized carbons (Fsp3) is 0.524. The largest absolute Gasteiger partial charge is 0.488 e. The summed E-state index contributed by atoms with van der Waals surface area (Å²) < 4.78 is 31.7. The summed E-state index contributed by atoms with van der Waals surface area (Å²) in [5.41, 5.74) is 0. The van der Waals surface area contributed by atoms with E-state index in [4.69, 9.17) is 9.84 Å². The molecule has 0 aromatic heterocycles. The first-order valence-corrected chi connectivity index (χ1v) is 9.24. The number of rotatable bonds is 12. The van der Waals surface area contributed by atoms with Gasteiger partial charge in [0.15, 0.2) is 11.6 Å². The number of benzene rings is 1. The highest BCUT2D eigenvalue weighted by atomic mass is 19.2. The van der Waals surface area contributed by atoms with Crippen molar-refractivity contribution in [2.75, 3.05) is 6.61 Å². The van der Waals surface area contributed by atoms with Crippen molar-refractivity contribution in [1.29, 1.82) is 0 Å². The van der Waals surface area contributed by atoms with Crippen molar-refractivity contribution in [3.05, 3.63) is 29.8 Å². The molecule has 0 saturated carbocycles. The zero-order chi connectivity index (χ0) is 20.9. The van der Waals surface area contributed by atoms with Gasteiger partial charge in [-0.3, -0.25) is 9.59 Å². The minimum atomic E-state index is -1.09. The first-order chi connectivity index (χ1) is 13.3. The summed E-state index contributed by atoms with van der Waals surface area (Å²) in [5, 5.41) is 18.5. The van der Waals surface area contributed by atoms with Gasteiger partial charge in [0.05, 0.1) is 6.10 Å². The Balaban J connectivity index is 2.31. The number of halogens is 2. The van der Waals surface area contributed by atoms with Gasteiger partial charge in [0, 0.05) is 25.2 Å². The second kappa shape index (κ2) is 12.8. The van der Waals surface area contributed by atoms with Crippen LogP contribution in [0.3, 0.4) is 0 Å². The summed E-state index contributed by atoms with van der Waals surface area (Å²) in [6.07, 6.45) is 2.01. The Morgan fingerprint density at radius 2 is 1.93 bits per heavy atom. The maximum Gasteiger partial charge on any atom is 0.303 e. The van der Waals surface area contributed by atoms with Gasteiger partial charge in [-0.05, 0) is 44.7 Å². The van der Waals surface area contributed by atoms with Gasteiger partial charge < -0.3 is 14.9 Å². The predicted molar refractivity (Wildman–Crippen MR) is 99.8 cm³/mol. The zero-order valence-corrected chi connectivity index (χ0v) is 15.9. The van der Waals surface area contributed by atoms with Crippen LogP contribution in [-0.4, -0.2) is 34.7 Å². The molecule has 7 heteroatoms. The van der Waals surface area contributed by atoms with Gasteiger partial charge in [-0.2, -0.15) is 4.39 Å². The molecule has 1 aromatic carbocycles. The molecule has 0 aliphatic rings. The third kappa shape index (κ3) is 9.47. The second-order valence-corrected chi connectivity index (χ2v) is 6.56. The number of ketones is 1. The summed E-state index contributed by atoms with van der Waals surface area (Å²) in [6.45, 7) is 1.32. The normalized spacial score (nSPS) is 12.6. The second-order valence-electron chi connectivity index (χ2n) is 6.56. The summed E-state index contributed by atoms with van der Waals surface area (Å²) in [7, 11) is 0. The molecule has 1 rings (SSSR count). The molecular weight excluding hydrogens is 370 g/mol. The minimum Gasteiger partial charge on any atom is -0.488 e. The molecule has 0 fully saturated rings. The molecule has 0 bridgehead atoms. The fourth-order valence-corrected chi connectivity index (χ4v) is 2.53. The number of Topliss-reactive ketones (excluding diaryl/α,β-unsaturated/α-hetero) is 1. The average molecular weight is 396 g/mol. The molecule has 5 nitrogen and oxygen atoms in total. The van der Waals surface area contributed by atoms with E-state index in [0.717, 1.165) is 6.07 Å². The number of carbonyl (C=O) groups excluding carboxylic acids is 1. The summed E-state index contributed by atoms with van der Waals surface area (Å²) in [5.74, 6) is 2.33. The number of carboxylic acid groups (broad SMARTS) is 1. The fourth-order valence-electron chi connectivity index (χ4n) is 2.53. The molecular formula is C21H26F2O5. The van der Waals surface area contributed by atoms with E-state index in [1.54, 1.807) is 0 Å². The molecule has 2 N–H and O–H groups in total. The molecule has 2 unspecified atom stereocenters. The lowest BCUT2D eigenvalue weighted by Crippen LogP contribution is -2.19. The Bertz CT molecular complexity index is 708. The number of aliphatic hydroxyl groups is 1. The summed E-state index contributed by atoms with van der Waals surface area (Å²) >= 11 is 0. The Morgan fingerprint density at radius 1 is 1.18 bits per heavy atom. The van der Waals surface area contributed by atoms with Crippen LogP contribution in [0.25, 0.3) is 0 Å². The lowest BCUT2D eigenvalue weighted by Gasteiger charge is -2.15. The Morgan fingerprint density at radius 3 is 2.61 bits per heavy atom. The van der Waals surface area contributed by atoms with E-state index < -0.39 is 23.7 Å². The standard InChI is InChI=1S/C21H26F2O5/c1-15(24)16(8-4-2-3-5-13-20(26)27)9-6-10-17(25)14-28-19-12-7-11-18(22)21(19)23/h7,11-12,16-17,25H,3,5-6,8-10,13-14H2,1H3,(H,26,27). The summed E-state index contributed by atoms with van der Waals surface area (Å²) in [6, 6.07) is 3.59. The topological polar surface area (TPSA) is 83.8 Å². The van der Waals surface area contributed by atoms with Gasteiger partial charge in [-0.1, -0.05) is 6.07 Å². The highest BCUT2D eigenvalue weighted by Crippen LogP contribution is 2.20. The molecule has 0 aliphatic carbocycles. The number of aliphatic hydroxyl groups excluding tert-OH is 1. The number of aliphatic carboxylic acids is 1. The van der Waals surface area contributed by atoms with Gasteiger partial charge in [0.25, 0.3) is 0 Å². The monoisotopic (exact) mass is 396 g/mol. The number of ether oxygens (including phenoxy) is 1. The van der Waals surface area contributed by atoms with Crippen LogP contribution in [0.15, 0.2) is 18.2 Å². The predicted octanol–water partition coefficient (Wildman–Crippen LogP) is 3.73. The zero-order valence-electron chi connectivity index (χ0n) is 15.9. The molecule has 154 valence electrons. The van der Waals surface area contributed by atoms with E-state index in [9.17, 15) is 23.5 Å². The van der Waals surface area contributed by atoms with Crippen molar-refractivity contribution in [1.82, 2.24) is 0 Å². The minimum absolute atomic E-state index is 0.00686. The van der Waals surface area contributed by atoms with Gasteiger partial charge in [0.2, 0.25) is 5.82 Å². The maximum atomic E-state index is 13.5. The van der Waals surface area contributed by atoms with Crippen molar-refractivity contribution in [3.63, 3.8) is 0 Å². The molecule has 0 saturated heterocycles. The Kier molecular flexibility index (Phi) is 10.8. The van der Waals surface area contributed by atoms with Crippen LogP contribution in [0.5, 0.6) is 5.75 Å². The molecule has 1 aromatic rings. The van der Waals surface area contributed by atoms with Crippen molar-refractivity contribution in [2.24, 2.45) is 5.92 Å². The van der Waals surface area contributed by atoms with Crippen LogP contribution in [0.1, 0.15) is 51.9 Å². The molecule has 0 amide bonds. The molecule has 2 atom stereocenters. The first kappa shape index (κ1) is 23.6. The van der Waals surface area contributed by atoms with Crippen LogP contribution in [0.2, 0.25) is 0 Å². The lowest BCUT2D eigenvalue weighted by atomic mass is 9.94. The van der Waals surface area contributed by atoms with E-state index >= 15 is 0 Å². The van der Waals surface area contributed by atoms with E-state index in [2.05, 4.69) is 11.8 Å². The van der Waals surface area contributed by atoms with Crippen molar-refractivity contribution < 1.29 is 33.3 Å². The highest BCUT2D eigenvalue weighted by molar-refractivity contribution is 5.78. The number of unbranched alkanes of at least 4 members (excludes halogenated alkanes) is 1. The van der Waals surface area contributed by atoms with Gasteiger partial charge in [-0.15, -0.1) is 11.8 Å². The molecule has 28 heavy (non-hydrogen) atoms. The summed E-state index contributed by atoms with van der Waals surface area (Å²) in [4.78, 5) is 22.1. The quantitative estimate of drug-likeness (QED) is 0.415. The number of hydrogen-bond donors (Lipinski definition) is 2. The number of carboxylic acids is 1. The molecule has 0 aliphatic heterocycles. The van der Waals surface area contributed by atoms with E-state index in [1.807, 2.05) is 0 Å². The SMILES string of the molecule is CC(=O)C(CC#CCCCC(=O)O)CCCC(O)COc1cccc(F)c1F. The first-order valence-electron chi connectivity index (χ1n) is 9.24. The third-order valence-electron chi connectivity index (χ3n) is 4.18. The Hall–Kier alpha value is -2.46. The van der Waals surface area contributed by atoms with Gasteiger partial charge >= 0.3 is 5.97 Å². The van der Waals surface area contributed by atoms with Crippen molar-refractivity contribution in [2.45, 2.75) is 58.0 Å². The Labute approximate surface area is 163 Å². The maximum absolute atomic E-state index is 13.5. The molecule has 0 radical (unpaired) electrons. The van der Waals surface area contributed by atoms with E-state index in [-0.39, 0.29) is 30.5 Å². The smallest absolute Gasteiger partial charge is 0.303 e. The van der Waals surface area contributed by atoms with Gasteiger partial charge in [0.1, 0.15) is 12.4 Å². The van der Waals surface area contributed by atoms with Crippen LogP contribution >= 0.6 is 0 Å². The van der Waals surface area contributed by atoms with E-state index in [1.165, 1.54) is 19.1 Å². The van der Waals surface area contributed by atoms with Gasteiger partial charge in [-0.25, -0.2) is 4.39 Å². The van der Waals surface area contributed by atoms with Crippen LogP contribution in [0, 0.1) is 29.4 Å². The third-order valence-corrected chi connectivity index (χ3v) is 4.18. The van der Waals surface area contributed by atoms with E-state index in [0.29, 0.717) is 38.5 Å². The lowest BCUT2D eigenvalue weighted by molar-refractivity contribution is -0.137. The van der Waals surface area contributed by atoms with Crippen LogP contribution < -0.4 is 4.74 Å². The highest BCUT2D eigenvalue weighted by Gasteiger charge is 2.15. The number of carbonyl (C=O) groups is 2. The molecule has 0 spiro atoms. The molecule has 0 heterocycles. The number of hydrogen-bond acceptors (Lipinski definition) is 4. The van der Waals surface area contributed by atoms with Crippen molar-refractivity contribution >= 4 is 11.8 Å². The average Bonchev–Trinajstić information content (AvgIpc) is 2.63. The van der Waals surface area contributed by atoms with Crippen LogP contribution in [0.4, 0.5) is 8.78 Å². The van der Waals surface area contributed by atoms with Crippen molar-refractivity contribution in [3.8, 4) is 17.6 Å². The van der Waals surface area contributed by atoms with Crippen LogP contribution in [-0.2, 0) is 9.59 Å².